The monoisotopic (exact) mass is 310 g/mol. The zero-order chi connectivity index (χ0) is 13.0. The summed E-state index contributed by atoms with van der Waals surface area (Å²) in [6.07, 6.45) is 0. The van der Waals surface area contributed by atoms with E-state index in [1.165, 1.54) is 21.7 Å². The number of pyridine rings is 1. The summed E-state index contributed by atoms with van der Waals surface area (Å²) >= 11 is 3.52. The zero-order valence-electron chi connectivity index (χ0n) is 10.4. The minimum atomic E-state index is 1.03. The third-order valence-corrected chi connectivity index (χ3v) is 4.12. The van der Waals surface area contributed by atoms with Gasteiger partial charge in [0.1, 0.15) is 5.65 Å². The van der Waals surface area contributed by atoms with Gasteiger partial charge in [-0.1, -0.05) is 34.1 Å². The number of hydrogen-bond donors (Lipinski definition) is 0. The van der Waals surface area contributed by atoms with Crippen molar-refractivity contribution in [2.75, 3.05) is 0 Å². The smallest absolute Gasteiger partial charge is 0.141 e. The van der Waals surface area contributed by atoms with Crippen LogP contribution in [0, 0.1) is 0 Å². The van der Waals surface area contributed by atoms with Gasteiger partial charge in [-0.3, -0.25) is 0 Å². The molecule has 0 saturated carbocycles. The van der Waals surface area contributed by atoms with Crippen molar-refractivity contribution < 1.29 is 0 Å². The lowest BCUT2D eigenvalue weighted by Crippen LogP contribution is -1.89. The van der Waals surface area contributed by atoms with Crippen molar-refractivity contribution in [3.63, 3.8) is 0 Å². The first-order chi connectivity index (χ1) is 9.24. The molecule has 0 radical (unpaired) electrons. The zero-order valence-corrected chi connectivity index (χ0v) is 12.0. The Balaban J connectivity index is 2.28. The van der Waals surface area contributed by atoms with Gasteiger partial charge < -0.3 is 4.57 Å². The van der Waals surface area contributed by atoms with Gasteiger partial charge in [0.15, 0.2) is 0 Å². The summed E-state index contributed by atoms with van der Waals surface area (Å²) in [7, 11) is 2.07. The third-order valence-electron chi connectivity index (χ3n) is 3.63. The fourth-order valence-corrected chi connectivity index (χ4v) is 3.08. The number of para-hydroxylation sites is 1. The highest BCUT2D eigenvalue weighted by atomic mass is 79.9. The Labute approximate surface area is 118 Å². The van der Waals surface area contributed by atoms with E-state index in [-0.39, 0.29) is 0 Å². The van der Waals surface area contributed by atoms with E-state index in [2.05, 4.69) is 70.0 Å². The molecule has 0 aliphatic heterocycles. The standard InChI is InChI=1S/C16H11BrN2/c1-19-15-5-3-2-4-12(15)13-9-10-8-11(17)6-7-14(10)18-16(13)19/h2-9H,1H3. The molecule has 0 atom stereocenters. The van der Waals surface area contributed by atoms with Crippen LogP contribution in [0.2, 0.25) is 0 Å². The van der Waals surface area contributed by atoms with Gasteiger partial charge in [-0.2, -0.15) is 0 Å². The number of fused-ring (bicyclic) bond motifs is 4. The van der Waals surface area contributed by atoms with E-state index in [1.54, 1.807) is 0 Å². The first kappa shape index (κ1) is 11.0. The minimum absolute atomic E-state index is 1.03. The van der Waals surface area contributed by atoms with Crippen molar-refractivity contribution in [3.8, 4) is 0 Å². The van der Waals surface area contributed by atoms with Crippen LogP contribution in [0.25, 0.3) is 32.8 Å². The van der Waals surface area contributed by atoms with Crippen molar-refractivity contribution >= 4 is 48.8 Å². The molecule has 0 aliphatic rings. The van der Waals surface area contributed by atoms with E-state index in [4.69, 9.17) is 4.98 Å². The van der Waals surface area contributed by atoms with Crippen LogP contribution in [0.15, 0.2) is 53.0 Å². The SMILES string of the molecule is Cn1c2ccccc2c2cc3cc(Br)ccc3nc21. The molecule has 0 bridgehead atoms. The average molecular weight is 311 g/mol. The van der Waals surface area contributed by atoms with Crippen LogP contribution in [0.1, 0.15) is 0 Å². The Kier molecular flexibility index (Phi) is 2.21. The van der Waals surface area contributed by atoms with Crippen molar-refractivity contribution in [1.82, 2.24) is 9.55 Å². The summed E-state index contributed by atoms with van der Waals surface area (Å²) in [5.74, 6) is 0. The van der Waals surface area contributed by atoms with E-state index in [1.807, 2.05) is 6.07 Å². The van der Waals surface area contributed by atoms with Crippen molar-refractivity contribution in [3.05, 3.63) is 53.0 Å². The van der Waals surface area contributed by atoms with Crippen LogP contribution < -0.4 is 0 Å². The second-order valence-electron chi connectivity index (χ2n) is 4.77. The van der Waals surface area contributed by atoms with Crippen LogP contribution in [-0.2, 0) is 7.05 Å². The van der Waals surface area contributed by atoms with E-state index >= 15 is 0 Å². The summed E-state index contributed by atoms with van der Waals surface area (Å²) < 4.78 is 3.24. The van der Waals surface area contributed by atoms with Crippen molar-refractivity contribution in [2.24, 2.45) is 7.05 Å². The Morgan fingerprint density at radius 1 is 1.00 bits per heavy atom. The Morgan fingerprint density at radius 3 is 2.74 bits per heavy atom. The maximum atomic E-state index is 4.80. The van der Waals surface area contributed by atoms with Gasteiger partial charge in [-0.15, -0.1) is 0 Å². The molecule has 0 amide bonds. The number of nitrogens with zero attached hydrogens (tertiary/aromatic N) is 2. The number of hydrogen-bond acceptors (Lipinski definition) is 1. The number of halogens is 1. The van der Waals surface area contributed by atoms with Gasteiger partial charge in [0.2, 0.25) is 0 Å². The summed E-state index contributed by atoms with van der Waals surface area (Å²) in [6, 6.07) is 16.9. The maximum Gasteiger partial charge on any atom is 0.141 e. The van der Waals surface area contributed by atoms with Crippen molar-refractivity contribution in [2.45, 2.75) is 0 Å². The Hall–Kier alpha value is -1.87. The van der Waals surface area contributed by atoms with Crippen LogP contribution >= 0.6 is 15.9 Å². The number of aryl methyl sites for hydroxylation is 1. The Bertz CT molecular complexity index is 938. The molecule has 2 aromatic carbocycles. The van der Waals surface area contributed by atoms with E-state index in [9.17, 15) is 0 Å². The average Bonchev–Trinajstić information content (AvgIpc) is 2.70. The van der Waals surface area contributed by atoms with Crippen LogP contribution in [0.3, 0.4) is 0 Å². The molecule has 0 fully saturated rings. The topological polar surface area (TPSA) is 17.8 Å². The van der Waals surface area contributed by atoms with Crippen molar-refractivity contribution in [1.29, 1.82) is 0 Å². The quantitative estimate of drug-likeness (QED) is 0.462. The molecular weight excluding hydrogens is 300 g/mol. The van der Waals surface area contributed by atoms with Gasteiger partial charge in [0.25, 0.3) is 0 Å². The van der Waals surface area contributed by atoms with Gasteiger partial charge in [0.05, 0.1) is 11.0 Å². The molecule has 2 nitrogen and oxygen atoms in total. The van der Waals surface area contributed by atoms with Gasteiger partial charge in [0, 0.05) is 27.7 Å². The molecule has 0 unspecified atom stereocenters. The fraction of sp³-hybridized carbons (Fsp3) is 0.0625. The highest BCUT2D eigenvalue weighted by Gasteiger charge is 2.10. The molecule has 92 valence electrons. The lowest BCUT2D eigenvalue weighted by Gasteiger charge is -2.00. The number of aromatic nitrogens is 2. The lowest BCUT2D eigenvalue weighted by molar-refractivity contribution is 0.994. The normalized spacial score (nSPS) is 11.7. The summed E-state index contributed by atoms with van der Waals surface area (Å²) in [4.78, 5) is 4.80. The predicted octanol–water partition coefficient (Wildman–Crippen LogP) is 4.64. The molecular formula is C16H11BrN2. The molecule has 2 aromatic heterocycles. The second kappa shape index (κ2) is 3.81. The molecule has 2 heterocycles. The third kappa shape index (κ3) is 1.51. The van der Waals surface area contributed by atoms with Crippen LogP contribution in [0.4, 0.5) is 0 Å². The van der Waals surface area contributed by atoms with Gasteiger partial charge >= 0.3 is 0 Å². The predicted molar refractivity (Wildman–Crippen MR) is 83.4 cm³/mol. The largest absolute Gasteiger partial charge is 0.328 e. The second-order valence-corrected chi connectivity index (χ2v) is 5.69. The molecule has 0 aliphatic carbocycles. The first-order valence-corrected chi connectivity index (χ1v) is 6.97. The van der Waals surface area contributed by atoms with E-state index in [0.29, 0.717) is 0 Å². The maximum absolute atomic E-state index is 4.80. The first-order valence-electron chi connectivity index (χ1n) is 6.17. The van der Waals surface area contributed by atoms with Crippen LogP contribution in [0.5, 0.6) is 0 Å². The van der Waals surface area contributed by atoms with Crippen LogP contribution in [-0.4, -0.2) is 9.55 Å². The molecule has 0 spiro atoms. The van der Waals surface area contributed by atoms with Gasteiger partial charge in [-0.05, 0) is 30.3 Å². The highest BCUT2D eigenvalue weighted by Crippen LogP contribution is 2.30. The highest BCUT2D eigenvalue weighted by molar-refractivity contribution is 9.10. The summed E-state index contributed by atoms with van der Waals surface area (Å²) in [5.41, 5.74) is 3.29. The molecule has 3 heteroatoms. The molecule has 0 N–H and O–H groups in total. The number of benzene rings is 2. The lowest BCUT2D eigenvalue weighted by atomic mass is 10.1. The molecule has 19 heavy (non-hydrogen) atoms. The minimum Gasteiger partial charge on any atom is -0.328 e. The van der Waals surface area contributed by atoms with E-state index in [0.717, 1.165) is 15.6 Å². The fourth-order valence-electron chi connectivity index (χ4n) is 2.70. The summed E-state index contributed by atoms with van der Waals surface area (Å²) in [5, 5.41) is 3.64. The number of rotatable bonds is 0. The Morgan fingerprint density at radius 2 is 1.84 bits per heavy atom. The van der Waals surface area contributed by atoms with E-state index < -0.39 is 0 Å². The summed E-state index contributed by atoms with van der Waals surface area (Å²) in [6.45, 7) is 0. The molecule has 4 aromatic rings. The molecule has 4 rings (SSSR count). The van der Waals surface area contributed by atoms with Gasteiger partial charge in [-0.25, -0.2) is 4.98 Å². The molecule has 0 saturated heterocycles.